The summed E-state index contributed by atoms with van der Waals surface area (Å²) in [7, 11) is 0. The minimum atomic E-state index is -1.36. The lowest BCUT2D eigenvalue weighted by Crippen LogP contribution is -2.34. The Morgan fingerprint density at radius 1 is 1.43 bits per heavy atom. The van der Waals surface area contributed by atoms with Gasteiger partial charge in [-0.25, -0.2) is 4.39 Å². The van der Waals surface area contributed by atoms with E-state index in [-0.39, 0.29) is 5.78 Å². The van der Waals surface area contributed by atoms with Crippen molar-refractivity contribution in [2.24, 2.45) is 0 Å². The van der Waals surface area contributed by atoms with E-state index in [0.717, 1.165) is 0 Å². The van der Waals surface area contributed by atoms with Crippen LogP contribution in [-0.4, -0.2) is 16.5 Å². The lowest BCUT2D eigenvalue weighted by molar-refractivity contribution is 0.0390. The number of hydrogen-bond donors (Lipinski definition) is 1. The van der Waals surface area contributed by atoms with E-state index in [1.165, 1.54) is 31.2 Å². The molecule has 76 valence electrons. The van der Waals surface area contributed by atoms with Crippen molar-refractivity contribution in [3.8, 4) is 0 Å². The number of rotatable bonds is 3. The molecule has 1 unspecified atom stereocenters. The maximum absolute atomic E-state index is 12.6. The second-order valence-electron chi connectivity index (χ2n) is 3.46. The van der Waals surface area contributed by atoms with Crippen LogP contribution in [0.5, 0.6) is 0 Å². The number of benzene rings is 1. The summed E-state index contributed by atoms with van der Waals surface area (Å²) in [5.41, 5.74) is -1.03. The third-order valence-corrected chi connectivity index (χ3v) is 2.28. The van der Waals surface area contributed by atoms with E-state index in [1.54, 1.807) is 6.92 Å². The molecule has 0 heterocycles. The molecule has 0 radical (unpaired) electrons. The molecule has 1 N–H and O–H groups in total. The molecular weight excluding hydrogens is 183 g/mol. The van der Waals surface area contributed by atoms with Crippen LogP contribution in [0.15, 0.2) is 24.3 Å². The predicted octanol–water partition coefficient (Wildman–Crippen LogP) is 2.17. The minimum Gasteiger partial charge on any atom is -0.382 e. The molecule has 0 bridgehead atoms. The van der Waals surface area contributed by atoms with Gasteiger partial charge >= 0.3 is 0 Å². The Morgan fingerprint density at radius 3 is 2.36 bits per heavy atom. The standard InChI is InChI=1S/C11H13FO2/c1-3-11(2,14)10(13)8-4-6-9(12)7-5-8/h4-7,14H,3H2,1-2H3. The molecular formula is C11H13FO2. The highest BCUT2D eigenvalue weighted by atomic mass is 19.1. The fourth-order valence-electron chi connectivity index (χ4n) is 1.07. The Morgan fingerprint density at radius 2 is 1.93 bits per heavy atom. The van der Waals surface area contributed by atoms with Crippen LogP contribution in [0.2, 0.25) is 0 Å². The van der Waals surface area contributed by atoms with Crippen LogP contribution in [0.25, 0.3) is 0 Å². The molecule has 1 aromatic rings. The number of hydrogen-bond acceptors (Lipinski definition) is 2. The van der Waals surface area contributed by atoms with Crippen molar-refractivity contribution in [3.05, 3.63) is 35.6 Å². The second-order valence-corrected chi connectivity index (χ2v) is 3.46. The highest BCUT2D eigenvalue weighted by Crippen LogP contribution is 2.16. The zero-order valence-corrected chi connectivity index (χ0v) is 8.25. The maximum Gasteiger partial charge on any atom is 0.194 e. The van der Waals surface area contributed by atoms with E-state index in [0.29, 0.717) is 12.0 Å². The first-order chi connectivity index (χ1) is 6.47. The zero-order chi connectivity index (χ0) is 10.8. The van der Waals surface area contributed by atoms with E-state index in [4.69, 9.17) is 0 Å². The summed E-state index contributed by atoms with van der Waals surface area (Å²) < 4.78 is 12.6. The van der Waals surface area contributed by atoms with E-state index in [9.17, 15) is 14.3 Å². The Hall–Kier alpha value is -1.22. The van der Waals surface area contributed by atoms with Gasteiger partial charge in [0.1, 0.15) is 11.4 Å². The third-order valence-electron chi connectivity index (χ3n) is 2.28. The third kappa shape index (κ3) is 2.17. The Balaban J connectivity index is 2.96. The van der Waals surface area contributed by atoms with Gasteiger partial charge in [0.05, 0.1) is 0 Å². The van der Waals surface area contributed by atoms with Crippen LogP contribution in [0.3, 0.4) is 0 Å². The van der Waals surface area contributed by atoms with E-state index < -0.39 is 11.4 Å². The number of Topliss-reactive ketones (excluding diaryl/α,β-unsaturated/α-hetero) is 1. The highest BCUT2D eigenvalue weighted by Gasteiger charge is 2.28. The average molecular weight is 196 g/mol. The van der Waals surface area contributed by atoms with Crippen LogP contribution in [0, 0.1) is 5.82 Å². The molecule has 0 amide bonds. The number of carbonyl (C=O) groups excluding carboxylic acids is 1. The molecule has 0 aliphatic carbocycles. The minimum absolute atomic E-state index is 0.332. The monoisotopic (exact) mass is 196 g/mol. The molecule has 14 heavy (non-hydrogen) atoms. The van der Waals surface area contributed by atoms with E-state index >= 15 is 0 Å². The van der Waals surface area contributed by atoms with Gasteiger partial charge in [0.25, 0.3) is 0 Å². The van der Waals surface area contributed by atoms with Crippen molar-refractivity contribution in [2.45, 2.75) is 25.9 Å². The van der Waals surface area contributed by atoms with Gasteiger partial charge in [-0.15, -0.1) is 0 Å². The summed E-state index contributed by atoms with van der Waals surface area (Å²) >= 11 is 0. The largest absolute Gasteiger partial charge is 0.382 e. The molecule has 0 spiro atoms. The van der Waals surface area contributed by atoms with E-state index in [2.05, 4.69) is 0 Å². The maximum atomic E-state index is 12.6. The summed E-state index contributed by atoms with van der Waals surface area (Å²) in [6.07, 6.45) is 0.337. The molecule has 0 saturated carbocycles. The molecule has 0 aliphatic heterocycles. The second kappa shape index (κ2) is 3.88. The van der Waals surface area contributed by atoms with Gasteiger partial charge in [0.15, 0.2) is 5.78 Å². The summed E-state index contributed by atoms with van der Waals surface area (Å²) in [6.45, 7) is 3.18. The number of aliphatic hydroxyl groups is 1. The molecule has 1 atom stereocenters. The molecule has 0 fully saturated rings. The topological polar surface area (TPSA) is 37.3 Å². The molecule has 2 nitrogen and oxygen atoms in total. The fraction of sp³-hybridized carbons (Fsp3) is 0.364. The van der Waals surface area contributed by atoms with Gasteiger partial charge in [-0.05, 0) is 37.6 Å². The molecule has 1 aromatic carbocycles. The van der Waals surface area contributed by atoms with Gasteiger partial charge in [0, 0.05) is 5.56 Å². The molecule has 1 rings (SSSR count). The first-order valence-electron chi connectivity index (χ1n) is 4.50. The van der Waals surface area contributed by atoms with Gasteiger partial charge in [-0.2, -0.15) is 0 Å². The highest BCUT2D eigenvalue weighted by molar-refractivity contribution is 6.01. The summed E-state index contributed by atoms with van der Waals surface area (Å²) in [6, 6.07) is 5.17. The van der Waals surface area contributed by atoms with Crippen LogP contribution in [0.4, 0.5) is 4.39 Å². The first-order valence-corrected chi connectivity index (χ1v) is 4.50. The fourth-order valence-corrected chi connectivity index (χ4v) is 1.07. The predicted molar refractivity (Wildman–Crippen MR) is 51.6 cm³/mol. The van der Waals surface area contributed by atoms with E-state index in [1.807, 2.05) is 0 Å². The number of ketones is 1. The summed E-state index contributed by atoms with van der Waals surface area (Å²) in [5.74, 6) is -0.766. The van der Waals surface area contributed by atoms with Crippen LogP contribution in [-0.2, 0) is 0 Å². The average Bonchev–Trinajstić information content (AvgIpc) is 2.18. The van der Waals surface area contributed by atoms with Crippen LogP contribution < -0.4 is 0 Å². The van der Waals surface area contributed by atoms with Gasteiger partial charge in [-0.1, -0.05) is 6.92 Å². The van der Waals surface area contributed by atoms with Crippen LogP contribution in [0.1, 0.15) is 30.6 Å². The molecule has 0 aromatic heterocycles. The lowest BCUT2D eigenvalue weighted by atomic mass is 9.92. The SMILES string of the molecule is CCC(C)(O)C(=O)c1ccc(F)cc1. The van der Waals surface area contributed by atoms with Crippen LogP contribution >= 0.6 is 0 Å². The lowest BCUT2D eigenvalue weighted by Gasteiger charge is -2.19. The zero-order valence-electron chi connectivity index (χ0n) is 8.25. The molecule has 3 heteroatoms. The summed E-state index contributed by atoms with van der Waals surface area (Å²) in [4.78, 5) is 11.6. The van der Waals surface area contributed by atoms with Gasteiger partial charge in [0.2, 0.25) is 0 Å². The van der Waals surface area contributed by atoms with Crippen molar-refractivity contribution in [2.75, 3.05) is 0 Å². The molecule has 0 saturated heterocycles. The van der Waals surface area contributed by atoms with Crippen molar-refractivity contribution >= 4 is 5.78 Å². The number of halogens is 1. The first kappa shape index (κ1) is 10.9. The Kier molecular flexibility index (Phi) is 3.01. The van der Waals surface area contributed by atoms with Crippen molar-refractivity contribution < 1.29 is 14.3 Å². The van der Waals surface area contributed by atoms with Gasteiger partial charge in [-0.3, -0.25) is 4.79 Å². The summed E-state index contributed by atoms with van der Waals surface area (Å²) in [5, 5.41) is 9.67. The van der Waals surface area contributed by atoms with Crippen molar-refractivity contribution in [1.29, 1.82) is 0 Å². The van der Waals surface area contributed by atoms with Crippen molar-refractivity contribution in [3.63, 3.8) is 0 Å². The smallest absolute Gasteiger partial charge is 0.194 e. The number of carbonyl (C=O) groups is 1. The Labute approximate surface area is 82.4 Å². The van der Waals surface area contributed by atoms with Gasteiger partial charge < -0.3 is 5.11 Å². The van der Waals surface area contributed by atoms with Crippen molar-refractivity contribution in [1.82, 2.24) is 0 Å². The quantitative estimate of drug-likeness (QED) is 0.752. The molecule has 0 aliphatic rings. The Bertz CT molecular complexity index is 328. The normalized spacial score (nSPS) is 14.9.